The van der Waals surface area contributed by atoms with Gasteiger partial charge in [-0.2, -0.15) is 18.2 Å². The number of rotatable bonds is 6. The molecule has 2 aromatic heterocycles. The number of carbonyl (C=O) groups is 1. The van der Waals surface area contributed by atoms with E-state index in [2.05, 4.69) is 20.3 Å². The van der Waals surface area contributed by atoms with Crippen molar-refractivity contribution in [2.45, 2.75) is 43.7 Å². The van der Waals surface area contributed by atoms with Gasteiger partial charge in [-0.25, -0.2) is 18.7 Å². The first kappa shape index (κ1) is 22.7. The maximum absolute atomic E-state index is 13.5. The first-order valence-corrected chi connectivity index (χ1v) is 11.2. The highest BCUT2D eigenvalue weighted by atomic mass is 19.4. The van der Waals surface area contributed by atoms with Crippen LogP contribution in [0, 0.1) is 5.92 Å². The third-order valence-corrected chi connectivity index (χ3v) is 6.32. The van der Waals surface area contributed by atoms with E-state index < -0.39 is 30.8 Å². The van der Waals surface area contributed by atoms with Crippen molar-refractivity contribution in [2.75, 3.05) is 36.4 Å². The summed E-state index contributed by atoms with van der Waals surface area (Å²) in [6.07, 6.45) is -0.146. The highest BCUT2D eigenvalue weighted by Gasteiger charge is 2.45. The molecule has 0 spiro atoms. The van der Waals surface area contributed by atoms with Crippen LogP contribution in [0.5, 0.6) is 0 Å². The number of nitrogens with one attached hydrogen (secondary N) is 1. The molecule has 1 N–H and O–H groups in total. The predicted octanol–water partition coefficient (Wildman–Crippen LogP) is 4.21. The number of alkyl halides is 5. The summed E-state index contributed by atoms with van der Waals surface area (Å²) in [7, 11) is 0. The molecule has 3 aliphatic rings. The minimum atomic E-state index is -4.54. The molecule has 0 aromatic carbocycles. The Morgan fingerprint density at radius 1 is 1.12 bits per heavy atom. The molecule has 3 fully saturated rings. The highest BCUT2D eigenvalue weighted by Crippen LogP contribution is 2.36. The minimum absolute atomic E-state index is 0.0701. The normalized spacial score (nSPS) is 22.0. The average molecular weight is 482 g/mol. The smallest absolute Gasteiger partial charge is 0.342 e. The molecule has 182 valence electrons. The summed E-state index contributed by atoms with van der Waals surface area (Å²) in [5.74, 6) is -2.23. The maximum atomic E-state index is 13.5. The zero-order valence-electron chi connectivity index (χ0n) is 18.2. The monoisotopic (exact) mass is 482 g/mol. The summed E-state index contributed by atoms with van der Waals surface area (Å²) in [5.41, 5.74) is -0.320. The summed E-state index contributed by atoms with van der Waals surface area (Å²) >= 11 is 0. The van der Waals surface area contributed by atoms with Crippen LogP contribution in [0.1, 0.15) is 42.9 Å². The molecule has 1 amide bonds. The van der Waals surface area contributed by atoms with Gasteiger partial charge >= 0.3 is 6.18 Å². The molecular formula is C22H23F5N6O. The lowest BCUT2D eigenvalue weighted by Crippen LogP contribution is -2.57. The Hall–Kier alpha value is -3.05. The quantitative estimate of drug-likeness (QED) is 0.622. The average Bonchev–Trinajstić information content (AvgIpc) is 3.42. The van der Waals surface area contributed by atoms with Gasteiger partial charge in [0.2, 0.25) is 11.9 Å². The predicted molar refractivity (Wildman–Crippen MR) is 113 cm³/mol. The topological polar surface area (TPSA) is 74.2 Å². The number of hydrogen-bond donors (Lipinski definition) is 1. The van der Waals surface area contributed by atoms with E-state index >= 15 is 0 Å². The minimum Gasteiger partial charge on any atom is -0.342 e. The lowest BCUT2D eigenvalue weighted by molar-refractivity contribution is -0.137. The third kappa shape index (κ3) is 5.05. The van der Waals surface area contributed by atoms with Gasteiger partial charge in [0, 0.05) is 37.7 Å². The molecular weight excluding hydrogens is 459 g/mol. The third-order valence-electron chi connectivity index (χ3n) is 6.32. The second kappa shape index (κ2) is 8.31. The van der Waals surface area contributed by atoms with Crippen molar-refractivity contribution in [3.05, 3.63) is 35.7 Å². The Bertz CT molecular complexity index is 1080. The Morgan fingerprint density at radius 2 is 1.88 bits per heavy atom. The summed E-state index contributed by atoms with van der Waals surface area (Å²) in [6, 6.07) is 3.30. The number of anilines is 3. The number of halogens is 5. The van der Waals surface area contributed by atoms with Gasteiger partial charge in [-0.05, 0) is 37.3 Å². The number of amides is 1. The van der Waals surface area contributed by atoms with Gasteiger partial charge in [0.1, 0.15) is 11.6 Å². The van der Waals surface area contributed by atoms with Gasteiger partial charge in [0.25, 0.3) is 5.92 Å². The van der Waals surface area contributed by atoms with Crippen molar-refractivity contribution in [1.29, 1.82) is 0 Å². The number of pyridine rings is 1. The number of likely N-dealkylation sites (tertiary alicyclic amines) is 1. The number of aromatic nitrogens is 3. The molecule has 2 aromatic rings. The zero-order valence-corrected chi connectivity index (χ0v) is 18.2. The molecule has 2 aliphatic heterocycles. The van der Waals surface area contributed by atoms with E-state index in [1.165, 1.54) is 4.90 Å². The standard InChI is InChI=1S/C22H23F5N6O/c23-21(24)11-33(12-21)20-29-16(14-4-6-32(10-14)19(34)7-13-1-2-13)9-18(31-20)30-17-8-15(3-5-28-17)22(25,26)27/h3,5,8-9,13-14H,1-2,4,6-7,10-12H2,(H,28,29,30,31). The lowest BCUT2D eigenvalue weighted by Gasteiger charge is -2.38. The summed E-state index contributed by atoms with van der Waals surface area (Å²) in [6.45, 7) is -0.0303. The Balaban J connectivity index is 1.38. The zero-order chi connectivity index (χ0) is 24.1. The molecule has 0 bridgehead atoms. The van der Waals surface area contributed by atoms with Crippen molar-refractivity contribution >= 4 is 23.5 Å². The molecule has 12 heteroatoms. The van der Waals surface area contributed by atoms with Crippen LogP contribution in [0.15, 0.2) is 24.4 Å². The summed E-state index contributed by atoms with van der Waals surface area (Å²) < 4.78 is 66.1. The summed E-state index contributed by atoms with van der Waals surface area (Å²) in [4.78, 5) is 28.2. The largest absolute Gasteiger partial charge is 0.416 e. The van der Waals surface area contributed by atoms with Crippen molar-refractivity contribution < 1.29 is 26.7 Å². The molecule has 1 atom stereocenters. The van der Waals surface area contributed by atoms with Gasteiger partial charge in [-0.1, -0.05) is 0 Å². The molecule has 34 heavy (non-hydrogen) atoms. The number of nitrogens with zero attached hydrogens (tertiary/aromatic N) is 5. The number of hydrogen-bond acceptors (Lipinski definition) is 6. The molecule has 2 saturated heterocycles. The molecule has 5 rings (SSSR count). The fraction of sp³-hybridized carbons (Fsp3) is 0.545. The molecule has 1 saturated carbocycles. The van der Waals surface area contributed by atoms with Gasteiger partial charge in [0.05, 0.1) is 24.3 Å². The van der Waals surface area contributed by atoms with Gasteiger partial charge in [-0.3, -0.25) is 4.79 Å². The summed E-state index contributed by atoms with van der Waals surface area (Å²) in [5, 5.41) is 2.76. The molecule has 1 aliphatic carbocycles. The first-order chi connectivity index (χ1) is 16.1. The van der Waals surface area contributed by atoms with Crippen LogP contribution in [-0.2, 0) is 11.0 Å². The first-order valence-electron chi connectivity index (χ1n) is 11.2. The van der Waals surface area contributed by atoms with E-state index in [9.17, 15) is 26.7 Å². The van der Waals surface area contributed by atoms with E-state index in [0.717, 1.165) is 31.2 Å². The van der Waals surface area contributed by atoms with E-state index in [1.807, 2.05) is 0 Å². The van der Waals surface area contributed by atoms with Crippen molar-refractivity contribution in [1.82, 2.24) is 19.9 Å². The van der Waals surface area contributed by atoms with E-state index in [4.69, 9.17) is 0 Å². The van der Waals surface area contributed by atoms with E-state index in [1.54, 1.807) is 11.0 Å². The highest BCUT2D eigenvalue weighted by molar-refractivity contribution is 5.77. The maximum Gasteiger partial charge on any atom is 0.416 e. The Morgan fingerprint density at radius 3 is 2.56 bits per heavy atom. The van der Waals surface area contributed by atoms with E-state index in [-0.39, 0.29) is 29.4 Å². The fourth-order valence-electron chi connectivity index (χ4n) is 4.25. The second-order valence-corrected chi connectivity index (χ2v) is 9.22. The molecule has 7 nitrogen and oxygen atoms in total. The second-order valence-electron chi connectivity index (χ2n) is 9.22. The van der Waals surface area contributed by atoms with Crippen molar-refractivity contribution in [3.8, 4) is 0 Å². The lowest BCUT2D eigenvalue weighted by atomic mass is 10.0. The molecule has 0 radical (unpaired) electrons. The van der Waals surface area contributed by atoms with Crippen LogP contribution >= 0.6 is 0 Å². The molecule has 4 heterocycles. The van der Waals surface area contributed by atoms with Crippen LogP contribution in [0.2, 0.25) is 0 Å². The fourth-order valence-corrected chi connectivity index (χ4v) is 4.25. The van der Waals surface area contributed by atoms with Crippen LogP contribution in [0.25, 0.3) is 0 Å². The molecule has 1 unspecified atom stereocenters. The SMILES string of the molecule is O=C(CC1CC1)N1CCC(c2cc(Nc3cc(C(F)(F)F)ccn3)nc(N3CC(F)(F)C3)n2)C1. The van der Waals surface area contributed by atoms with Crippen LogP contribution < -0.4 is 10.2 Å². The van der Waals surface area contributed by atoms with Gasteiger partial charge in [-0.15, -0.1) is 0 Å². The Kier molecular flexibility index (Phi) is 5.56. The van der Waals surface area contributed by atoms with Crippen molar-refractivity contribution in [2.24, 2.45) is 5.92 Å². The van der Waals surface area contributed by atoms with Crippen LogP contribution in [0.4, 0.5) is 39.5 Å². The van der Waals surface area contributed by atoms with Gasteiger partial charge in [0.15, 0.2) is 0 Å². The van der Waals surface area contributed by atoms with Gasteiger partial charge < -0.3 is 15.1 Å². The Labute approximate surface area is 192 Å². The van der Waals surface area contributed by atoms with Crippen molar-refractivity contribution in [3.63, 3.8) is 0 Å². The number of carbonyl (C=O) groups excluding carboxylic acids is 1. The van der Waals surface area contributed by atoms with Crippen LogP contribution in [0.3, 0.4) is 0 Å². The van der Waals surface area contributed by atoms with E-state index in [0.29, 0.717) is 37.5 Å². The van der Waals surface area contributed by atoms with Crippen LogP contribution in [-0.4, -0.2) is 57.9 Å².